The minimum absolute atomic E-state index is 0.0970. The lowest BCUT2D eigenvalue weighted by Gasteiger charge is -2.07. The molecule has 1 amide bonds. The Morgan fingerprint density at radius 3 is 2.45 bits per heavy atom. The van der Waals surface area contributed by atoms with E-state index in [1.165, 1.54) is 17.8 Å². The van der Waals surface area contributed by atoms with Crippen LogP contribution in [0.2, 0.25) is 4.34 Å². The molecule has 0 spiro atoms. The summed E-state index contributed by atoms with van der Waals surface area (Å²) in [6.45, 7) is 0. The Bertz CT molecular complexity index is 1130. The van der Waals surface area contributed by atoms with Gasteiger partial charge < -0.3 is 5.32 Å². The number of rotatable bonds is 7. The van der Waals surface area contributed by atoms with Gasteiger partial charge in [0.15, 0.2) is 0 Å². The number of hydrogen-bond acceptors (Lipinski definition) is 6. The van der Waals surface area contributed by atoms with Crippen LogP contribution in [0.4, 0.5) is 5.69 Å². The molecule has 29 heavy (non-hydrogen) atoms. The van der Waals surface area contributed by atoms with Gasteiger partial charge in [-0.25, -0.2) is 13.4 Å². The summed E-state index contributed by atoms with van der Waals surface area (Å²) in [5, 5.41) is 3.67. The first-order valence-electron chi connectivity index (χ1n) is 8.72. The number of nitrogens with one attached hydrogen (secondary N) is 2. The molecule has 0 saturated heterocycles. The van der Waals surface area contributed by atoms with Crippen LogP contribution < -0.4 is 10.0 Å². The maximum absolute atomic E-state index is 12.3. The molecule has 2 aromatic heterocycles. The van der Waals surface area contributed by atoms with Gasteiger partial charge in [-0.1, -0.05) is 23.4 Å². The average molecular weight is 466 g/mol. The van der Waals surface area contributed by atoms with E-state index in [1.54, 1.807) is 48.7 Å². The zero-order valence-electron chi connectivity index (χ0n) is 15.0. The molecule has 6 nitrogen and oxygen atoms in total. The third kappa shape index (κ3) is 5.30. The first-order chi connectivity index (χ1) is 13.9. The molecule has 0 unspecified atom stereocenters. The molecular formula is C19H16ClN3O3S3. The Morgan fingerprint density at radius 1 is 1.10 bits per heavy atom. The van der Waals surface area contributed by atoms with Crippen LogP contribution in [0.3, 0.4) is 0 Å². The summed E-state index contributed by atoms with van der Waals surface area (Å²) < 4.78 is 27.8. The number of carbonyl (C=O) groups excluding carboxylic acids is 1. The summed E-state index contributed by atoms with van der Waals surface area (Å²) in [5.41, 5.74) is 0.999. The van der Waals surface area contributed by atoms with Gasteiger partial charge in [0.25, 0.3) is 15.9 Å². The van der Waals surface area contributed by atoms with Crippen molar-refractivity contribution in [1.82, 2.24) is 10.3 Å². The van der Waals surface area contributed by atoms with E-state index in [4.69, 9.17) is 11.6 Å². The smallest absolute Gasteiger partial charge is 0.271 e. The topological polar surface area (TPSA) is 88.2 Å². The summed E-state index contributed by atoms with van der Waals surface area (Å²) in [5.74, 6) is -0.0970. The Labute approximate surface area is 181 Å². The number of amides is 1. The first kappa shape index (κ1) is 20.2. The molecule has 0 radical (unpaired) electrons. The fourth-order valence-electron chi connectivity index (χ4n) is 2.43. The van der Waals surface area contributed by atoms with E-state index in [1.807, 2.05) is 0 Å². The predicted octanol–water partition coefficient (Wildman–Crippen LogP) is 4.64. The molecule has 2 N–H and O–H groups in total. The van der Waals surface area contributed by atoms with Crippen LogP contribution in [-0.2, 0) is 10.0 Å². The standard InChI is InChI=1S/C19H16ClN3O3S3/c20-16-8-10-18(28-16)29(25,26)23-14-4-6-15(7-5-14)27-17-9-1-12(11-21-17)19(24)22-13-2-3-13/h1,4-11,13,23H,2-3H2,(H,22,24). The molecule has 1 saturated carbocycles. The highest BCUT2D eigenvalue weighted by molar-refractivity contribution is 7.99. The molecule has 150 valence electrons. The van der Waals surface area contributed by atoms with Gasteiger partial charge in [-0.05, 0) is 61.4 Å². The van der Waals surface area contributed by atoms with Crippen molar-refractivity contribution >= 4 is 56.3 Å². The Morgan fingerprint density at radius 2 is 1.86 bits per heavy atom. The van der Waals surface area contributed by atoms with Crippen molar-refractivity contribution in [2.75, 3.05) is 4.72 Å². The number of pyridine rings is 1. The SMILES string of the molecule is O=C(NC1CC1)c1ccc(Sc2ccc(NS(=O)(=O)c3ccc(Cl)s3)cc2)nc1. The second-order valence-electron chi connectivity index (χ2n) is 6.42. The Hall–Kier alpha value is -2.07. The molecule has 0 bridgehead atoms. The van der Waals surface area contributed by atoms with Gasteiger partial charge in [-0.3, -0.25) is 9.52 Å². The number of thiophene rings is 1. The normalized spacial score (nSPS) is 13.8. The van der Waals surface area contributed by atoms with Crippen molar-refractivity contribution in [2.45, 2.75) is 33.0 Å². The summed E-state index contributed by atoms with van der Waals surface area (Å²) in [4.78, 5) is 17.2. The van der Waals surface area contributed by atoms with Gasteiger partial charge in [-0.15, -0.1) is 11.3 Å². The van der Waals surface area contributed by atoms with E-state index >= 15 is 0 Å². The number of anilines is 1. The molecule has 1 aliphatic rings. The van der Waals surface area contributed by atoms with E-state index in [-0.39, 0.29) is 10.1 Å². The highest BCUT2D eigenvalue weighted by Gasteiger charge is 2.23. The third-order valence-electron chi connectivity index (χ3n) is 4.05. The van der Waals surface area contributed by atoms with Crippen molar-refractivity contribution in [2.24, 2.45) is 0 Å². The summed E-state index contributed by atoms with van der Waals surface area (Å²) in [6, 6.07) is 13.9. The monoisotopic (exact) mass is 465 g/mol. The van der Waals surface area contributed by atoms with Crippen LogP contribution in [0.15, 0.2) is 68.9 Å². The molecule has 1 aromatic carbocycles. The molecule has 3 aromatic rings. The van der Waals surface area contributed by atoms with Crippen molar-refractivity contribution in [1.29, 1.82) is 0 Å². The average Bonchev–Trinajstić information content (AvgIpc) is 3.40. The van der Waals surface area contributed by atoms with Crippen LogP contribution in [0.5, 0.6) is 0 Å². The van der Waals surface area contributed by atoms with Crippen molar-refractivity contribution in [3.8, 4) is 0 Å². The Kier molecular flexibility index (Phi) is 5.82. The van der Waals surface area contributed by atoms with Gasteiger partial charge in [0.05, 0.1) is 9.90 Å². The van der Waals surface area contributed by atoms with Crippen LogP contribution >= 0.6 is 34.7 Å². The highest BCUT2D eigenvalue weighted by Crippen LogP contribution is 2.30. The summed E-state index contributed by atoms with van der Waals surface area (Å²) in [7, 11) is -3.65. The van der Waals surface area contributed by atoms with Crippen LogP contribution in [-0.4, -0.2) is 25.4 Å². The fraction of sp³-hybridized carbons (Fsp3) is 0.158. The van der Waals surface area contributed by atoms with E-state index in [9.17, 15) is 13.2 Å². The quantitative estimate of drug-likeness (QED) is 0.530. The molecule has 10 heteroatoms. The molecule has 0 aliphatic heterocycles. The lowest BCUT2D eigenvalue weighted by atomic mass is 10.3. The second kappa shape index (κ2) is 8.35. The molecule has 1 fully saturated rings. The van der Waals surface area contributed by atoms with E-state index < -0.39 is 10.0 Å². The number of carbonyl (C=O) groups is 1. The van der Waals surface area contributed by atoms with Crippen molar-refractivity contribution in [3.63, 3.8) is 0 Å². The summed E-state index contributed by atoms with van der Waals surface area (Å²) >= 11 is 8.24. The number of nitrogens with zero attached hydrogens (tertiary/aromatic N) is 1. The zero-order valence-corrected chi connectivity index (χ0v) is 18.2. The molecule has 4 rings (SSSR count). The van der Waals surface area contributed by atoms with Gasteiger partial charge in [0, 0.05) is 22.8 Å². The van der Waals surface area contributed by atoms with Crippen LogP contribution in [0, 0.1) is 0 Å². The molecular weight excluding hydrogens is 450 g/mol. The van der Waals surface area contributed by atoms with E-state index in [0.717, 1.165) is 34.1 Å². The lowest BCUT2D eigenvalue weighted by molar-refractivity contribution is 0.0950. The van der Waals surface area contributed by atoms with Gasteiger partial charge in [0.1, 0.15) is 9.24 Å². The number of halogens is 1. The first-order valence-corrected chi connectivity index (χ1v) is 12.2. The number of aromatic nitrogens is 1. The highest BCUT2D eigenvalue weighted by atomic mass is 35.5. The fourth-order valence-corrected chi connectivity index (χ4v) is 5.73. The van der Waals surface area contributed by atoms with E-state index in [0.29, 0.717) is 21.6 Å². The largest absolute Gasteiger partial charge is 0.349 e. The molecule has 2 heterocycles. The van der Waals surface area contributed by atoms with Crippen LogP contribution in [0.25, 0.3) is 0 Å². The van der Waals surface area contributed by atoms with Gasteiger partial charge in [-0.2, -0.15) is 0 Å². The van der Waals surface area contributed by atoms with Crippen LogP contribution in [0.1, 0.15) is 23.2 Å². The maximum atomic E-state index is 12.3. The number of sulfonamides is 1. The molecule has 1 aliphatic carbocycles. The zero-order chi connectivity index (χ0) is 20.4. The minimum atomic E-state index is -3.65. The minimum Gasteiger partial charge on any atom is -0.349 e. The van der Waals surface area contributed by atoms with E-state index in [2.05, 4.69) is 15.0 Å². The van der Waals surface area contributed by atoms with Crippen molar-refractivity contribution < 1.29 is 13.2 Å². The van der Waals surface area contributed by atoms with Gasteiger partial charge in [0.2, 0.25) is 0 Å². The number of hydrogen-bond donors (Lipinski definition) is 2. The van der Waals surface area contributed by atoms with Crippen molar-refractivity contribution in [3.05, 3.63) is 64.6 Å². The second-order valence-corrected chi connectivity index (χ2v) is 11.1. The lowest BCUT2D eigenvalue weighted by Crippen LogP contribution is -2.25. The number of benzene rings is 1. The summed E-state index contributed by atoms with van der Waals surface area (Å²) in [6.07, 6.45) is 3.65. The molecule has 0 atom stereocenters. The van der Waals surface area contributed by atoms with Gasteiger partial charge >= 0.3 is 0 Å². The third-order valence-corrected chi connectivity index (χ3v) is 8.12. The predicted molar refractivity (Wildman–Crippen MR) is 115 cm³/mol. The maximum Gasteiger partial charge on any atom is 0.271 e. The Balaban J connectivity index is 1.38.